The molecule has 5 nitrogen and oxygen atoms in total. The van der Waals surface area contributed by atoms with Gasteiger partial charge < -0.3 is 9.67 Å². The maximum Gasteiger partial charge on any atom is 0.338 e. The standard InChI is InChI=1S/C24H21N3O2S/c1-2-3-13-27-22(21(24(28)29)18-10-7-12-26-23(18)27)20(16-8-5-4-6-9-16)17-11-14-30-19(17)15-25/h4-12,14,20H,2-3,13H2,1H3,(H,28,29). The van der Waals surface area contributed by atoms with Crippen molar-refractivity contribution in [1.82, 2.24) is 9.55 Å². The number of nitriles is 1. The minimum absolute atomic E-state index is 0.262. The molecule has 0 aliphatic heterocycles. The Morgan fingerprint density at radius 2 is 2.03 bits per heavy atom. The summed E-state index contributed by atoms with van der Waals surface area (Å²) in [4.78, 5) is 17.6. The van der Waals surface area contributed by atoms with E-state index < -0.39 is 5.97 Å². The Bertz CT molecular complexity index is 1230. The van der Waals surface area contributed by atoms with Crippen LogP contribution in [0.25, 0.3) is 11.0 Å². The van der Waals surface area contributed by atoms with Gasteiger partial charge >= 0.3 is 5.97 Å². The van der Waals surface area contributed by atoms with Crippen LogP contribution in [0.4, 0.5) is 0 Å². The minimum Gasteiger partial charge on any atom is -0.478 e. The van der Waals surface area contributed by atoms with E-state index in [1.54, 1.807) is 12.3 Å². The van der Waals surface area contributed by atoms with Crippen LogP contribution in [0.2, 0.25) is 0 Å². The van der Waals surface area contributed by atoms with E-state index in [4.69, 9.17) is 0 Å². The number of hydrogen-bond donors (Lipinski definition) is 1. The van der Waals surface area contributed by atoms with Crippen LogP contribution in [0.15, 0.2) is 60.1 Å². The Labute approximate surface area is 178 Å². The van der Waals surface area contributed by atoms with Crippen molar-refractivity contribution in [2.45, 2.75) is 32.2 Å². The predicted octanol–water partition coefficient (Wildman–Crippen LogP) is 5.65. The molecule has 30 heavy (non-hydrogen) atoms. The molecule has 0 amide bonds. The first-order valence-electron chi connectivity index (χ1n) is 9.90. The fourth-order valence-electron chi connectivity index (χ4n) is 4.03. The topological polar surface area (TPSA) is 78.9 Å². The highest BCUT2D eigenvalue weighted by atomic mass is 32.1. The Morgan fingerprint density at radius 1 is 1.23 bits per heavy atom. The van der Waals surface area contributed by atoms with Gasteiger partial charge in [-0.2, -0.15) is 5.26 Å². The lowest BCUT2D eigenvalue weighted by atomic mass is 9.86. The summed E-state index contributed by atoms with van der Waals surface area (Å²) >= 11 is 1.38. The molecule has 1 aromatic carbocycles. The fraction of sp³-hybridized carbons (Fsp3) is 0.208. The molecule has 0 radical (unpaired) electrons. The molecule has 0 aliphatic rings. The number of carboxylic acids is 1. The number of carboxylic acid groups (broad SMARTS) is 1. The van der Waals surface area contributed by atoms with Crippen LogP contribution in [0.3, 0.4) is 0 Å². The van der Waals surface area contributed by atoms with Crippen LogP contribution >= 0.6 is 11.3 Å². The zero-order chi connectivity index (χ0) is 21.1. The van der Waals surface area contributed by atoms with Gasteiger partial charge in [0.25, 0.3) is 0 Å². The summed E-state index contributed by atoms with van der Waals surface area (Å²) in [5.74, 6) is -1.35. The molecule has 0 bridgehead atoms. The summed E-state index contributed by atoms with van der Waals surface area (Å²) in [6, 6.07) is 17.6. The van der Waals surface area contributed by atoms with Crippen molar-refractivity contribution in [2.75, 3.05) is 0 Å². The van der Waals surface area contributed by atoms with E-state index >= 15 is 0 Å². The summed E-state index contributed by atoms with van der Waals surface area (Å²) < 4.78 is 2.04. The number of hydrogen-bond acceptors (Lipinski definition) is 4. The van der Waals surface area contributed by atoms with E-state index in [-0.39, 0.29) is 11.5 Å². The first kappa shape index (κ1) is 19.9. The van der Waals surface area contributed by atoms with Crippen molar-refractivity contribution in [2.24, 2.45) is 0 Å². The van der Waals surface area contributed by atoms with E-state index in [2.05, 4.69) is 18.0 Å². The van der Waals surface area contributed by atoms with Crippen LogP contribution in [0, 0.1) is 11.3 Å². The summed E-state index contributed by atoms with van der Waals surface area (Å²) in [5, 5.41) is 22.4. The molecule has 0 aliphatic carbocycles. The van der Waals surface area contributed by atoms with E-state index in [0.717, 1.165) is 24.0 Å². The molecule has 0 spiro atoms. The van der Waals surface area contributed by atoms with Crippen molar-refractivity contribution in [3.05, 3.63) is 87.4 Å². The average Bonchev–Trinajstić information content (AvgIpc) is 3.36. The number of rotatable bonds is 7. The Hall–Kier alpha value is -3.43. The number of nitrogens with zero attached hydrogens (tertiary/aromatic N) is 3. The fourth-order valence-corrected chi connectivity index (χ4v) is 4.75. The van der Waals surface area contributed by atoms with E-state index in [0.29, 0.717) is 28.1 Å². The SMILES string of the molecule is CCCCn1c(C(c2ccccc2)c2ccsc2C#N)c(C(=O)O)c2cccnc21. The van der Waals surface area contributed by atoms with Gasteiger partial charge in [-0.05, 0) is 41.1 Å². The molecule has 1 unspecified atom stereocenters. The zero-order valence-corrected chi connectivity index (χ0v) is 17.4. The Morgan fingerprint density at radius 3 is 2.73 bits per heavy atom. The lowest BCUT2D eigenvalue weighted by molar-refractivity contribution is 0.0697. The zero-order valence-electron chi connectivity index (χ0n) is 16.6. The molecular weight excluding hydrogens is 394 g/mol. The predicted molar refractivity (Wildman–Crippen MR) is 118 cm³/mol. The molecule has 1 atom stereocenters. The number of aryl methyl sites for hydroxylation is 1. The van der Waals surface area contributed by atoms with Crippen molar-refractivity contribution in [3.63, 3.8) is 0 Å². The molecular formula is C24H21N3O2S. The molecule has 0 saturated heterocycles. The second-order valence-electron chi connectivity index (χ2n) is 7.11. The third kappa shape index (κ3) is 3.38. The lowest BCUT2D eigenvalue weighted by Crippen LogP contribution is -2.15. The summed E-state index contributed by atoms with van der Waals surface area (Å²) in [7, 11) is 0. The van der Waals surface area contributed by atoms with Crippen molar-refractivity contribution >= 4 is 28.3 Å². The Kier molecular flexibility index (Phi) is 5.64. The van der Waals surface area contributed by atoms with Gasteiger partial charge in [-0.15, -0.1) is 11.3 Å². The molecule has 150 valence electrons. The number of aromatic carboxylic acids is 1. The van der Waals surface area contributed by atoms with Gasteiger partial charge in [0.1, 0.15) is 16.6 Å². The van der Waals surface area contributed by atoms with Gasteiger partial charge in [0, 0.05) is 23.8 Å². The second-order valence-corrected chi connectivity index (χ2v) is 8.02. The average molecular weight is 416 g/mol. The smallest absolute Gasteiger partial charge is 0.338 e. The summed E-state index contributed by atoms with van der Waals surface area (Å²) in [6.45, 7) is 2.78. The first-order chi connectivity index (χ1) is 14.7. The largest absolute Gasteiger partial charge is 0.478 e. The van der Waals surface area contributed by atoms with Crippen molar-refractivity contribution in [3.8, 4) is 6.07 Å². The van der Waals surface area contributed by atoms with Gasteiger partial charge in [0.2, 0.25) is 0 Å². The monoisotopic (exact) mass is 415 g/mol. The molecule has 0 fully saturated rings. The van der Waals surface area contributed by atoms with E-state index in [9.17, 15) is 15.2 Å². The van der Waals surface area contributed by atoms with E-state index in [1.807, 2.05) is 52.4 Å². The number of thiophene rings is 1. The number of aromatic nitrogens is 2. The maximum atomic E-state index is 12.5. The van der Waals surface area contributed by atoms with Crippen LogP contribution < -0.4 is 0 Å². The van der Waals surface area contributed by atoms with Gasteiger partial charge in [-0.25, -0.2) is 9.78 Å². The highest BCUT2D eigenvalue weighted by Crippen LogP contribution is 2.41. The highest BCUT2D eigenvalue weighted by Gasteiger charge is 2.32. The van der Waals surface area contributed by atoms with Gasteiger partial charge in [-0.3, -0.25) is 0 Å². The third-order valence-corrected chi connectivity index (χ3v) is 6.16. The van der Waals surface area contributed by atoms with Crippen molar-refractivity contribution < 1.29 is 9.90 Å². The molecule has 6 heteroatoms. The highest BCUT2D eigenvalue weighted by molar-refractivity contribution is 7.10. The lowest BCUT2D eigenvalue weighted by Gasteiger charge is -2.21. The van der Waals surface area contributed by atoms with E-state index in [1.165, 1.54) is 11.3 Å². The molecule has 1 N–H and O–H groups in total. The first-order valence-corrected chi connectivity index (χ1v) is 10.8. The van der Waals surface area contributed by atoms with Crippen LogP contribution in [0.5, 0.6) is 0 Å². The molecule has 3 heterocycles. The van der Waals surface area contributed by atoms with Gasteiger partial charge in [-0.1, -0.05) is 43.7 Å². The van der Waals surface area contributed by atoms with Crippen LogP contribution in [-0.2, 0) is 6.54 Å². The van der Waals surface area contributed by atoms with Crippen LogP contribution in [-0.4, -0.2) is 20.6 Å². The number of pyridine rings is 1. The van der Waals surface area contributed by atoms with Gasteiger partial charge in [0.15, 0.2) is 0 Å². The van der Waals surface area contributed by atoms with Crippen molar-refractivity contribution in [1.29, 1.82) is 5.26 Å². The molecule has 3 aromatic heterocycles. The summed E-state index contributed by atoms with van der Waals surface area (Å²) in [5.41, 5.74) is 3.41. The number of carbonyl (C=O) groups is 1. The Balaban J connectivity index is 2.11. The molecule has 0 saturated carbocycles. The minimum atomic E-state index is -0.979. The number of unbranched alkanes of at least 4 members (excludes halogenated alkanes) is 1. The maximum absolute atomic E-state index is 12.5. The van der Waals surface area contributed by atoms with Crippen LogP contribution in [0.1, 0.15) is 57.7 Å². The summed E-state index contributed by atoms with van der Waals surface area (Å²) in [6.07, 6.45) is 3.58. The normalized spacial score (nSPS) is 12.0. The third-order valence-electron chi connectivity index (χ3n) is 5.32. The second kappa shape index (κ2) is 8.52. The number of benzene rings is 1. The quantitative estimate of drug-likeness (QED) is 0.423. The van der Waals surface area contributed by atoms with Gasteiger partial charge in [0.05, 0.1) is 11.5 Å². The molecule has 4 rings (SSSR count). The molecule has 4 aromatic rings. The number of fused-ring (bicyclic) bond motifs is 1.